The number of halogens is 3. The zero-order valence-corrected chi connectivity index (χ0v) is 15.3. The molecule has 0 aliphatic carbocycles. The van der Waals surface area contributed by atoms with E-state index in [0.717, 1.165) is 37.5 Å². The highest BCUT2D eigenvalue weighted by Crippen LogP contribution is 2.30. The van der Waals surface area contributed by atoms with E-state index in [1.165, 1.54) is 0 Å². The van der Waals surface area contributed by atoms with Crippen molar-refractivity contribution < 1.29 is 0 Å². The molecule has 0 aliphatic rings. The lowest BCUT2D eigenvalue weighted by Gasteiger charge is -2.15. The molecule has 2 N–H and O–H groups in total. The van der Waals surface area contributed by atoms with E-state index in [9.17, 15) is 0 Å². The van der Waals surface area contributed by atoms with Crippen LogP contribution in [0.1, 0.15) is 29.9 Å². The van der Waals surface area contributed by atoms with Crippen LogP contribution in [-0.2, 0) is 13.0 Å². The summed E-state index contributed by atoms with van der Waals surface area (Å²) in [6, 6.07) is 5.88. The zero-order chi connectivity index (χ0) is 14.9. The lowest BCUT2D eigenvalue weighted by atomic mass is 10.0. The number of rotatable bonds is 4. The van der Waals surface area contributed by atoms with Crippen LogP contribution in [0, 0.1) is 6.92 Å². The third-order valence-corrected chi connectivity index (χ3v) is 4.90. The Balaban J connectivity index is 2.30. The van der Waals surface area contributed by atoms with Gasteiger partial charge in [-0.25, -0.2) is 0 Å². The summed E-state index contributed by atoms with van der Waals surface area (Å²) in [7, 11) is 0. The second-order valence-electron chi connectivity index (χ2n) is 4.64. The van der Waals surface area contributed by atoms with Crippen LogP contribution < -0.4 is 5.73 Å². The summed E-state index contributed by atoms with van der Waals surface area (Å²) in [6.07, 6.45) is 0.660. The fourth-order valence-corrected chi connectivity index (χ4v) is 3.74. The van der Waals surface area contributed by atoms with Crippen LogP contribution in [0.3, 0.4) is 0 Å². The molecular weight excluding hydrogens is 405 g/mol. The predicted octanol–water partition coefficient (Wildman–Crippen LogP) is 4.63. The first-order valence-electron chi connectivity index (χ1n) is 6.36. The Labute approximate surface area is 140 Å². The van der Waals surface area contributed by atoms with E-state index in [2.05, 4.69) is 37.0 Å². The molecule has 2 rings (SSSR count). The van der Waals surface area contributed by atoms with Gasteiger partial charge in [-0.1, -0.05) is 49.5 Å². The van der Waals surface area contributed by atoms with Gasteiger partial charge in [-0.15, -0.1) is 0 Å². The minimum Gasteiger partial charge on any atom is -0.324 e. The van der Waals surface area contributed by atoms with E-state index in [4.69, 9.17) is 17.3 Å². The van der Waals surface area contributed by atoms with Gasteiger partial charge in [-0.3, -0.25) is 4.68 Å². The summed E-state index contributed by atoms with van der Waals surface area (Å²) >= 11 is 13.3. The maximum atomic E-state index is 6.33. The summed E-state index contributed by atoms with van der Waals surface area (Å²) in [5.74, 6) is 0. The molecule has 108 valence electrons. The van der Waals surface area contributed by atoms with E-state index < -0.39 is 0 Å². The molecule has 3 nitrogen and oxygen atoms in total. The summed E-state index contributed by atoms with van der Waals surface area (Å²) in [5, 5.41) is 5.14. The van der Waals surface area contributed by atoms with Crippen molar-refractivity contribution in [2.24, 2.45) is 5.73 Å². The van der Waals surface area contributed by atoms with E-state index in [-0.39, 0.29) is 6.04 Å². The molecule has 0 fully saturated rings. The number of nitrogens with zero attached hydrogens (tertiary/aromatic N) is 2. The molecule has 1 aromatic heterocycles. The molecule has 1 heterocycles. The average molecular weight is 422 g/mol. The van der Waals surface area contributed by atoms with Crippen molar-refractivity contribution in [2.75, 3.05) is 0 Å². The highest BCUT2D eigenvalue weighted by molar-refractivity contribution is 9.11. The van der Waals surface area contributed by atoms with E-state index in [1.54, 1.807) is 0 Å². The number of benzene rings is 1. The van der Waals surface area contributed by atoms with E-state index in [0.29, 0.717) is 6.42 Å². The standard InChI is InChI=1S/C14H16Br2ClN3/c1-3-20-13(14(17)8(2)19-20)7-12(18)10-5-4-9(15)6-11(10)16/h4-6,12H,3,7,18H2,1-2H3. The monoisotopic (exact) mass is 419 g/mol. The number of aromatic nitrogens is 2. The SMILES string of the molecule is CCn1nc(C)c(Cl)c1CC(N)c1ccc(Br)cc1Br. The first-order valence-corrected chi connectivity index (χ1v) is 8.32. The number of hydrogen-bond acceptors (Lipinski definition) is 2. The van der Waals surface area contributed by atoms with E-state index in [1.807, 2.05) is 36.7 Å². The van der Waals surface area contributed by atoms with Crippen LogP contribution in [0.15, 0.2) is 27.1 Å². The predicted molar refractivity (Wildman–Crippen MR) is 90.1 cm³/mol. The van der Waals surface area contributed by atoms with Crippen molar-refractivity contribution in [2.45, 2.75) is 32.9 Å². The van der Waals surface area contributed by atoms with Gasteiger partial charge in [0.15, 0.2) is 0 Å². The Bertz CT molecular complexity index is 625. The lowest BCUT2D eigenvalue weighted by molar-refractivity contribution is 0.586. The zero-order valence-electron chi connectivity index (χ0n) is 11.3. The third-order valence-electron chi connectivity index (χ3n) is 3.23. The van der Waals surface area contributed by atoms with Crippen LogP contribution in [-0.4, -0.2) is 9.78 Å². The summed E-state index contributed by atoms with van der Waals surface area (Å²) < 4.78 is 3.94. The molecule has 1 aromatic carbocycles. The molecular formula is C14H16Br2ClN3. The first kappa shape index (κ1) is 16.0. The second kappa shape index (κ2) is 6.60. The second-order valence-corrected chi connectivity index (χ2v) is 6.79. The molecule has 0 saturated carbocycles. The Kier molecular flexibility index (Phi) is 5.29. The van der Waals surface area contributed by atoms with Crippen LogP contribution in [0.2, 0.25) is 5.02 Å². The highest BCUT2D eigenvalue weighted by Gasteiger charge is 2.18. The van der Waals surface area contributed by atoms with Crippen LogP contribution in [0.25, 0.3) is 0 Å². The molecule has 2 aromatic rings. The maximum absolute atomic E-state index is 6.33. The van der Waals surface area contributed by atoms with Gasteiger partial charge in [-0.05, 0) is 31.5 Å². The molecule has 0 saturated heterocycles. The highest BCUT2D eigenvalue weighted by atomic mass is 79.9. The molecule has 0 aliphatic heterocycles. The maximum Gasteiger partial charge on any atom is 0.0847 e. The van der Waals surface area contributed by atoms with Gasteiger partial charge in [0.25, 0.3) is 0 Å². The molecule has 1 atom stereocenters. The fourth-order valence-electron chi connectivity index (χ4n) is 2.18. The van der Waals surface area contributed by atoms with Gasteiger partial charge < -0.3 is 5.73 Å². The Hall–Kier alpha value is -0.360. The van der Waals surface area contributed by atoms with Crippen molar-refractivity contribution in [1.82, 2.24) is 9.78 Å². The van der Waals surface area contributed by atoms with Crippen molar-refractivity contribution in [3.05, 3.63) is 49.1 Å². The lowest BCUT2D eigenvalue weighted by Crippen LogP contribution is -2.17. The molecule has 20 heavy (non-hydrogen) atoms. The summed E-state index contributed by atoms with van der Waals surface area (Å²) in [6.45, 7) is 4.75. The molecule has 0 amide bonds. The largest absolute Gasteiger partial charge is 0.324 e. The van der Waals surface area contributed by atoms with Crippen molar-refractivity contribution >= 4 is 43.5 Å². The number of nitrogens with two attached hydrogens (primary N) is 1. The summed E-state index contributed by atoms with van der Waals surface area (Å²) in [4.78, 5) is 0. The number of hydrogen-bond donors (Lipinski definition) is 1. The first-order chi connectivity index (χ1) is 9.43. The van der Waals surface area contributed by atoms with E-state index >= 15 is 0 Å². The molecule has 0 radical (unpaired) electrons. The van der Waals surface area contributed by atoms with Crippen LogP contribution in [0.4, 0.5) is 0 Å². The Morgan fingerprint density at radius 2 is 2.10 bits per heavy atom. The fraction of sp³-hybridized carbons (Fsp3) is 0.357. The Morgan fingerprint density at radius 1 is 1.40 bits per heavy atom. The third kappa shape index (κ3) is 3.27. The quantitative estimate of drug-likeness (QED) is 0.782. The molecule has 6 heteroatoms. The van der Waals surface area contributed by atoms with Crippen LogP contribution in [0.5, 0.6) is 0 Å². The summed E-state index contributed by atoms with van der Waals surface area (Å²) in [5.41, 5.74) is 9.24. The van der Waals surface area contributed by atoms with Gasteiger partial charge in [-0.2, -0.15) is 5.10 Å². The number of aryl methyl sites for hydroxylation is 2. The molecule has 1 unspecified atom stereocenters. The molecule has 0 spiro atoms. The van der Waals surface area contributed by atoms with Gasteiger partial charge in [0, 0.05) is 28.0 Å². The van der Waals surface area contributed by atoms with Gasteiger partial charge >= 0.3 is 0 Å². The average Bonchev–Trinajstić information content (AvgIpc) is 2.66. The smallest absolute Gasteiger partial charge is 0.0847 e. The topological polar surface area (TPSA) is 43.8 Å². The van der Waals surface area contributed by atoms with Crippen molar-refractivity contribution in [1.29, 1.82) is 0 Å². The van der Waals surface area contributed by atoms with Crippen LogP contribution >= 0.6 is 43.5 Å². The minimum atomic E-state index is -0.128. The van der Waals surface area contributed by atoms with Gasteiger partial charge in [0.1, 0.15) is 0 Å². The van der Waals surface area contributed by atoms with Gasteiger partial charge in [0.05, 0.1) is 16.4 Å². The Morgan fingerprint density at radius 3 is 2.70 bits per heavy atom. The van der Waals surface area contributed by atoms with Crippen molar-refractivity contribution in [3.63, 3.8) is 0 Å². The van der Waals surface area contributed by atoms with Gasteiger partial charge in [0.2, 0.25) is 0 Å². The normalized spacial score (nSPS) is 12.7. The minimum absolute atomic E-state index is 0.128. The molecule has 0 bridgehead atoms. The van der Waals surface area contributed by atoms with Crippen molar-refractivity contribution in [3.8, 4) is 0 Å².